The number of carboxylic acids is 1. The van der Waals surface area contributed by atoms with Gasteiger partial charge in [-0.3, -0.25) is 9.69 Å². The summed E-state index contributed by atoms with van der Waals surface area (Å²) in [6.07, 6.45) is -2.54. The highest BCUT2D eigenvalue weighted by Gasteiger charge is 2.31. The number of carbonyl (C=O) groups excluding carboxylic acids is 1. The number of alkyl halides is 3. The molecule has 0 bridgehead atoms. The molecule has 0 aliphatic carbocycles. The minimum Gasteiger partial charge on any atom is -0.478 e. The van der Waals surface area contributed by atoms with E-state index in [0.29, 0.717) is 23.2 Å². The van der Waals surface area contributed by atoms with Crippen LogP contribution in [-0.4, -0.2) is 83.2 Å². The van der Waals surface area contributed by atoms with Crippen LogP contribution in [0, 0.1) is 0 Å². The smallest absolute Gasteiger partial charge is 0.416 e. The molecular weight excluding hydrogens is 613 g/mol. The van der Waals surface area contributed by atoms with Gasteiger partial charge in [-0.15, -0.1) is 0 Å². The fourth-order valence-corrected chi connectivity index (χ4v) is 4.62. The molecule has 6 rings (SSSR count). The second-order valence-corrected chi connectivity index (χ2v) is 11.0. The molecular formula is C32H34ClF3N4O5. The molecule has 45 heavy (non-hydrogen) atoms. The van der Waals surface area contributed by atoms with E-state index in [-0.39, 0.29) is 10.8 Å². The van der Waals surface area contributed by atoms with E-state index < -0.39 is 17.7 Å². The number of piperazine rings is 1. The second kappa shape index (κ2) is 15.3. The van der Waals surface area contributed by atoms with Gasteiger partial charge in [-0.05, 0) is 62.0 Å². The largest absolute Gasteiger partial charge is 0.478 e. The lowest BCUT2D eigenvalue weighted by molar-refractivity contribution is -0.137. The zero-order valence-electron chi connectivity index (χ0n) is 24.9. The van der Waals surface area contributed by atoms with Gasteiger partial charge in [0.15, 0.2) is 0 Å². The number of imidazole rings is 1. The number of fused-ring (bicyclic) bond motifs is 1. The molecule has 2 saturated heterocycles. The first-order valence-electron chi connectivity index (χ1n) is 14.2. The van der Waals surface area contributed by atoms with Gasteiger partial charge >= 0.3 is 12.1 Å². The SMILES string of the molecule is C1COC1.CN1CCN(Cc2nc3ccc(C(=O)O)cc3n2C)CC1.O=Cc1cccc(Oc2ccc(C(F)(F)F)cc2Cl)c1. The number of aryl methyl sites for hydroxylation is 1. The fourth-order valence-electron chi connectivity index (χ4n) is 4.40. The monoisotopic (exact) mass is 646 g/mol. The quantitative estimate of drug-likeness (QED) is 0.241. The molecule has 1 aromatic heterocycles. The van der Waals surface area contributed by atoms with Crippen LogP contribution in [0.4, 0.5) is 13.2 Å². The second-order valence-electron chi connectivity index (χ2n) is 10.6. The molecule has 2 aliphatic heterocycles. The van der Waals surface area contributed by atoms with Crippen molar-refractivity contribution in [3.8, 4) is 11.5 Å². The van der Waals surface area contributed by atoms with E-state index >= 15 is 0 Å². The van der Waals surface area contributed by atoms with E-state index in [1.807, 2.05) is 11.6 Å². The number of aldehydes is 1. The van der Waals surface area contributed by atoms with E-state index in [0.717, 1.165) is 81.0 Å². The third-order valence-corrected chi connectivity index (χ3v) is 7.54. The van der Waals surface area contributed by atoms with Crippen LogP contribution in [0.1, 0.15) is 38.5 Å². The number of aromatic nitrogens is 2. The number of carbonyl (C=O) groups is 2. The molecule has 9 nitrogen and oxygen atoms in total. The predicted molar refractivity (Wildman–Crippen MR) is 164 cm³/mol. The molecule has 3 aromatic carbocycles. The number of rotatable bonds is 6. The van der Waals surface area contributed by atoms with Gasteiger partial charge in [-0.1, -0.05) is 23.7 Å². The first-order valence-corrected chi connectivity index (χ1v) is 14.6. The van der Waals surface area contributed by atoms with Gasteiger partial charge in [0, 0.05) is 52.0 Å². The number of hydrogen-bond acceptors (Lipinski definition) is 7. The summed E-state index contributed by atoms with van der Waals surface area (Å²) >= 11 is 5.76. The Labute approximate surface area is 263 Å². The number of halogens is 4. The Kier molecular flexibility index (Phi) is 11.6. The highest BCUT2D eigenvalue weighted by Crippen LogP contribution is 2.36. The summed E-state index contributed by atoms with van der Waals surface area (Å²) in [4.78, 5) is 31.0. The van der Waals surface area contributed by atoms with Crippen LogP contribution < -0.4 is 4.74 Å². The van der Waals surface area contributed by atoms with E-state index in [4.69, 9.17) is 26.2 Å². The third-order valence-electron chi connectivity index (χ3n) is 7.24. The van der Waals surface area contributed by atoms with Crippen molar-refractivity contribution in [1.82, 2.24) is 19.4 Å². The van der Waals surface area contributed by atoms with Crippen LogP contribution in [0.2, 0.25) is 5.02 Å². The molecule has 4 aromatic rings. The number of ether oxygens (including phenoxy) is 2. The Morgan fingerprint density at radius 1 is 1.04 bits per heavy atom. The van der Waals surface area contributed by atoms with Gasteiger partial charge in [0.1, 0.15) is 23.6 Å². The molecule has 0 atom stereocenters. The summed E-state index contributed by atoms with van der Waals surface area (Å²) < 4.78 is 49.5. The lowest BCUT2D eigenvalue weighted by Crippen LogP contribution is -2.44. The normalized spacial score (nSPS) is 15.2. The Morgan fingerprint density at radius 2 is 1.73 bits per heavy atom. The van der Waals surface area contributed by atoms with Gasteiger partial charge in [-0.2, -0.15) is 13.2 Å². The summed E-state index contributed by atoms with van der Waals surface area (Å²) in [5.74, 6) is 0.481. The van der Waals surface area contributed by atoms with E-state index in [2.05, 4.69) is 21.8 Å². The summed E-state index contributed by atoms with van der Waals surface area (Å²) in [6, 6.07) is 14.1. The van der Waals surface area contributed by atoms with Crippen LogP contribution in [0.3, 0.4) is 0 Å². The number of aromatic carboxylic acids is 1. The van der Waals surface area contributed by atoms with Gasteiger partial charge in [0.25, 0.3) is 0 Å². The number of nitrogens with zero attached hydrogens (tertiary/aromatic N) is 4. The fraction of sp³-hybridized carbons (Fsp3) is 0.344. The third kappa shape index (κ3) is 9.51. The Bertz CT molecular complexity index is 1610. The molecule has 2 fully saturated rings. The van der Waals surface area contributed by atoms with Crippen LogP contribution >= 0.6 is 11.6 Å². The van der Waals surface area contributed by atoms with Gasteiger partial charge in [-0.25, -0.2) is 9.78 Å². The summed E-state index contributed by atoms with van der Waals surface area (Å²) in [5.41, 5.74) is 1.57. The zero-order valence-corrected chi connectivity index (χ0v) is 25.6. The van der Waals surface area contributed by atoms with E-state index in [9.17, 15) is 22.8 Å². The number of benzene rings is 3. The van der Waals surface area contributed by atoms with Crippen molar-refractivity contribution in [2.45, 2.75) is 19.1 Å². The van der Waals surface area contributed by atoms with Crippen LogP contribution in [0.25, 0.3) is 11.0 Å². The molecule has 0 radical (unpaired) electrons. The minimum atomic E-state index is -4.46. The summed E-state index contributed by atoms with van der Waals surface area (Å²) in [5, 5.41) is 8.93. The Morgan fingerprint density at radius 3 is 2.31 bits per heavy atom. The van der Waals surface area contributed by atoms with Gasteiger partial charge in [0.2, 0.25) is 0 Å². The maximum absolute atomic E-state index is 12.5. The Balaban J connectivity index is 0.000000182. The maximum Gasteiger partial charge on any atom is 0.416 e. The highest BCUT2D eigenvalue weighted by molar-refractivity contribution is 6.32. The van der Waals surface area contributed by atoms with Crippen molar-refractivity contribution in [2.75, 3.05) is 46.4 Å². The molecule has 13 heteroatoms. The molecule has 240 valence electrons. The van der Waals surface area contributed by atoms with Crippen molar-refractivity contribution in [3.05, 3.63) is 88.2 Å². The number of likely N-dealkylation sites (N-methyl/N-ethyl adjacent to an activating group) is 1. The average molecular weight is 647 g/mol. The molecule has 0 unspecified atom stereocenters. The number of carboxylic acid groups (broad SMARTS) is 1. The van der Waals surface area contributed by atoms with E-state index in [1.54, 1.807) is 36.4 Å². The van der Waals surface area contributed by atoms with Crippen molar-refractivity contribution in [2.24, 2.45) is 7.05 Å². The predicted octanol–water partition coefficient (Wildman–Crippen LogP) is 6.39. The van der Waals surface area contributed by atoms with Crippen molar-refractivity contribution in [3.63, 3.8) is 0 Å². The molecule has 0 amide bonds. The highest BCUT2D eigenvalue weighted by atomic mass is 35.5. The topological polar surface area (TPSA) is 97.1 Å². The maximum atomic E-state index is 12.5. The molecule has 0 spiro atoms. The summed E-state index contributed by atoms with van der Waals surface area (Å²) in [7, 11) is 4.09. The van der Waals surface area contributed by atoms with Crippen molar-refractivity contribution < 1.29 is 37.3 Å². The van der Waals surface area contributed by atoms with Crippen molar-refractivity contribution >= 4 is 34.9 Å². The average Bonchev–Trinajstić information content (AvgIpc) is 3.28. The first-order chi connectivity index (χ1) is 21.4. The zero-order chi connectivity index (χ0) is 32.6. The number of hydrogen-bond donors (Lipinski definition) is 1. The van der Waals surface area contributed by atoms with Crippen molar-refractivity contribution in [1.29, 1.82) is 0 Å². The molecule has 1 N–H and O–H groups in total. The molecule has 2 aliphatic rings. The van der Waals surface area contributed by atoms with Gasteiger partial charge < -0.3 is 24.0 Å². The minimum absolute atomic E-state index is 0.0858. The molecule has 3 heterocycles. The molecule has 0 saturated carbocycles. The standard InChI is InChI=1S/C15H20N4O2.C14H8ClF3O2.C3H6O/c1-17-5-7-19(8-6-17)10-14-16-12-4-3-11(15(20)21)9-13(12)18(14)2;15-12-7-10(14(16,17)18)4-5-13(12)20-11-3-1-2-9(6-11)8-19;1-2-4-3-1/h3-4,9H,5-8,10H2,1-2H3,(H,20,21);1-8H;1-3H2. The van der Waals surface area contributed by atoms with Gasteiger partial charge in [0.05, 0.1) is 33.7 Å². The van der Waals surface area contributed by atoms with Crippen LogP contribution in [0.15, 0.2) is 60.7 Å². The lowest BCUT2D eigenvalue weighted by atomic mass is 10.2. The Hall–Kier alpha value is -3.97. The first kappa shape index (κ1) is 33.9. The lowest BCUT2D eigenvalue weighted by Gasteiger charge is -2.31. The van der Waals surface area contributed by atoms with Crippen LogP contribution in [-0.2, 0) is 24.5 Å². The van der Waals surface area contributed by atoms with Crippen LogP contribution in [0.5, 0.6) is 11.5 Å². The van der Waals surface area contributed by atoms with E-state index in [1.165, 1.54) is 12.5 Å². The summed E-state index contributed by atoms with van der Waals surface area (Å²) in [6.45, 7) is 7.04.